The fourth-order valence-electron chi connectivity index (χ4n) is 1.87. The second-order valence-electron chi connectivity index (χ2n) is 4.08. The van der Waals surface area contributed by atoms with E-state index in [-0.39, 0.29) is 12.5 Å². The van der Waals surface area contributed by atoms with Gasteiger partial charge in [0.15, 0.2) is 6.61 Å². The maximum Gasteiger partial charge on any atom is 0.237 e. The Bertz CT molecular complexity index is 673. The highest BCUT2D eigenvalue weighted by Crippen LogP contribution is 2.30. The number of nitrogens with one attached hydrogen (secondary N) is 1. The number of benzene rings is 1. The van der Waals surface area contributed by atoms with Crippen LogP contribution in [-0.4, -0.2) is 21.7 Å². The van der Waals surface area contributed by atoms with Gasteiger partial charge in [-0.2, -0.15) is 0 Å². The van der Waals surface area contributed by atoms with Crippen molar-refractivity contribution in [1.82, 2.24) is 9.59 Å². The Morgan fingerprint density at radius 2 is 2.35 bits per heavy atom. The third-order valence-corrected chi connectivity index (χ3v) is 3.82. The van der Waals surface area contributed by atoms with E-state index >= 15 is 0 Å². The average Bonchev–Trinajstić information content (AvgIpc) is 2.98. The molecule has 0 saturated carbocycles. The molecule has 0 fully saturated rings. The molecule has 20 heavy (non-hydrogen) atoms. The van der Waals surface area contributed by atoms with Crippen molar-refractivity contribution in [3.05, 3.63) is 39.9 Å². The summed E-state index contributed by atoms with van der Waals surface area (Å²) in [5.41, 5.74) is 2.23. The molecule has 3 rings (SSSR count). The number of anilines is 1. The Morgan fingerprint density at radius 3 is 3.15 bits per heavy atom. The minimum absolute atomic E-state index is 0.119. The van der Waals surface area contributed by atoms with E-state index in [1.807, 2.05) is 24.3 Å². The van der Waals surface area contributed by atoms with Crippen LogP contribution in [0.5, 0.6) is 0 Å². The molecule has 1 amide bonds. The predicted molar refractivity (Wildman–Crippen MR) is 76.0 cm³/mol. The molecule has 102 valence electrons. The highest BCUT2D eigenvalue weighted by atomic mass is 35.5. The maximum absolute atomic E-state index is 11.8. The van der Waals surface area contributed by atoms with Crippen LogP contribution < -0.4 is 5.32 Å². The van der Waals surface area contributed by atoms with Crippen LogP contribution in [0.15, 0.2) is 29.4 Å². The van der Waals surface area contributed by atoms with Crippen molar-refractivity contribution in [3.8, 4) is 0 Å². The molecule has 2 heterocycles. The fraction of sp³-hybridized carbons (Fsp3) is 0.167. The number of hydrogen-bond donors (Lipinski definition) is 1. The largest absolute Gasteiger partial charge is 0.389 e. The Balaban J connectivity index is 1.65. The van der Waals surface area contributed by atoms with Crippen LogP contribution in [0, 0.1) is 0 Å². The van der Waals surface area contributed by atoms with Crippen molar-refractivity contribution in [2.24, 2.45) is 5.16 Å². The van der Waals surface area contributed by atoms with Gasteiger partial charge in [-0.25, -0.2) is 0 Å². The minimum Gasteiger partial charge on any atom is -0.389 e. The average molecular weight is 309 g/mol. The van der Waals surface area contributed by atoms with E-state index in [9.17, 15) is 4.79 Å². The van der Waals surface area contributed by atoms with Gasteiger partial charge in [-0.1, -0.05) is 39.4 Å². The van der Waals surface area contributed by atoms with Crippen LogP contribution in [0.2, 0.25) is 4.34 Å². The molecular formula is C12H9ClN4O2S. The number of oxime groups is 1. The third kappa shape index (κ3) is 2.50. The first-order valence-corrected chi connectivity index (χ1v) is 6.93. The summed E-state index contributed by atoms with van der Waals surface area (Å²) in [6.45, 7) is 0.127. The number of para-hydroxylation sites is 1. The standard InChI is InChI=1S/C12H9ClN4O2S/c13-11-10(16-17-20-11)6-19-14-5-8-7-3-1-2-4-9(7)15-12(8)18/h1-5,8H,6H2,(H,15,18)/b14-5+/t8-/m1/s1. The van der Waals surface area contributed by atoms with Gasteiger partial charge in [0.1, 0.15) is 15.9 Å². The van der Waals surface area contributed by atoms with E-state index in [1.54, 1.807) is 0 Å². The van der Waals surface area contributed by atoms with E-state index in [0.29, 0.717) is 10.0 Å². The summed E-state index contributed by atoms with van der Waals surface area (Å²) in [5, 5.41) is 10.4. The van der Waals surface area contributed by atoms with Gasteiger partial charge in [-0.3, -0.25) is 4.79 Å². The van der Waals surface area contributed by atoms with Crippen LogP contribution in [0.3, 0.4) is 0 Å². The van der Waals surface area contributed by atoms with Gasteiger partial charge in [0, 0.05) is 17.2 Å². The lowest BCUT2D eigenvalue weighted by atomic mass is 10.0. The zero-order valence-corrected chi connectivity index (χ0v) is 11.7. The van der Waals surface area contributed by atoms with Crippen molar-refractivity contribution in [3.63, 3.8) is 0 Å². The normalized spacial score (nSPS) is 17.2. The smallest absolute Gasteiger partial charge is 0.237 e. The van der Waals surface area contributed by atoms with Gasteiger partial charge >= 0.3 is 0 Å². The molecule has 0 aliphatic carbocycles. The van der Waals surface area contributed by atoms with E-state index in [1.165, 1.54) is 6.21 Å². The number of aromatic nitrogens is 2. The van der Waals surface area contributed by atoms with E-state index in [0.717, 1.165) is 22.8 Å². The number of rotatable bonds is 4. The second-order valence-corrected chi connectivity index (χ2v) is 5.43. The van der Waals surface area contributed by atoms with Crippen molar-refractivity contribution >= 4 is 40.9 Å². The van der Waals surface area contributed by atoms with Gasteiger partial charge in [0.05, 0.1) is 6.21 Å². The predicted octanol–water partition coefficient (Wildman–Crippen LogP) is 2.43. The van der Waals surface area contributed by atoms with Crippen molar-refractivity contribution < 1.29 is 9.63 Å². The molecular weight excluding hydrogens is 300 g/mol. The van der Waals surface area contributed by atoms with E-state index in [2.05, 4.69) is 20.1 Å². The fourth-order valence-corrected chi connectivity index (χ4v) is 2.47. The molecule has 2 aromatic rings. The molecule has 1 atom stereocenters. The van der Waals surface area contributed by atoms with Crippen LogP contribution in [-0.2, 0) is 16.2 Å². The summed E-state index contributed by atoms with van der Waals surface area (Å²) in [6.07, 6.45) is 1.47. The van der Waals surface area contributed by atoms with Crippen molar-refractivity contribution in [1.29, 1.82) is 0 Å². The SMILES string of the molecule is O=C1Nc2ccccc2[C@H]1/C=N/OCc1nnsc1Cl. The molecule has 0 radical (unpaired) electrons. The summed E-state index contributed by atoms with van der Waals surface area (Å²) in [4.78, 5) is 16.9. The number of nitrogens with zero attached hydrogens (tertiary/aromatic N) is 3. The lowest BCUT2D eigenvalue weighted by Gasteiger charge is -2.01. The molecule has 1 aromatic heterocycles. The quantitative estimate of drug-likeness (QED) is 0.695. The lowest BCUT2D eigenvalue weighted by Crippen LogP contribution is -2.13. The molecule has 1 aliphatic heterocycles. The minimum atomic E-state index is -0.435. The highest BCUT2D eigenvalue weighted by molar-refractivity contribution is 7.10. The lowest BCUT2D eigenvalue weighted by molar-refractivity contribution is -0.115. The first-order valence-electron chi connectivity index (χ1n) is 5.77. The zero-order chi connectivity index (χ0) is 13.9. The Morgan fingerprint density at radius 1 is 1.50 bits per heavy atom. The second kappa shape index (κ2) is 5.56. The van der Waals surface area contributed by atoms with Gasteiger partial charge in [-0.05, 0) is 11.6 Å². The van der Waals surface area contributed by atoms with Gasteiger partial charge < -0.3 is 10.2 Å². The van der Waals surface area contributed by atoms with Crippen LogP contribution in [0.25, 0.3) is 0 Å². The number of hydrogen-bond acceptors (Lipinski definition) is 6. The van der Waals surface area contributed by atoms with Gasteiger partial charge in [-0.15, -0.1) is 5.10 Å². The van der Waals surface area contributed by atoms with Gasteiger partial charge in [0.2, 0.25) is 5.91 Å². The molecule has 1 N–H and O–H groups in total. The zero-order valence-electron chi connectivity index (χ0n) is 10.1. The van der Waals surface area contributed by atoms with Crippen LogP contribution in [0.1, 0.15) is 17.2 Å². The number of fused-ring (bicyclic) bond motifs is 1. The summed E-state index contributed by atoms with van der Waals surface area (Å²) < 4.78 is 4.16. The van der Waals surface area contributed by atoms with E-state index in [4.69, 9.17) is 16.4 Å². The summed E-state index contributed by atoms with van der Waals surface area (Å²) >= 11 is 6.92. The van der Waals surface area contributed by atoms with E-state index < -0.39 is 5.92 Å². The number of halogens is 1. The first-order chi connectivity index (χ1) is 9.75. The summed E-state index contributed by atoms with van der Waals surface area (Å²) in [6, 6.07) is 7.47. The summed E-state index contributed by atoms with van der Waals surface area (Å²) in [5.74, 6) is -0.554. The third-order valence-electron chi connectivity index (χ3n) is 2.83. The topological polar surface area (TPSA) is 76.5 Å². The Labute approximate surface area is 123 Å². The molecule has 0 bridgehead atoms. The van der Waals surface area contributed by atoms with Crippen molar-refractivity contribution in [2.75, 3.05) is 5.32 Å². The molecule has 0 unspecified atom stereocenters. The molecule has 1 aromatic carbocycles. The number of amides is 1. The monoisotopic (exact) mass is 308 g/mol. The first kappa shape index (κ1) is 13.0. The van der Waals surface area contributed by atoms with Gasteiger partial charge in [0.25, 0.3) is 0 Å². The number of carbonyl (C=O) groups excluding carboxylic acids is 1. The summed E-state index contributed by atoms with van der Waals surface area (Å²) in [7, 11) is 0. The van der Waals surface area contributed by atoms with Crippen LogP contribution in [0.4, 0.5) is 5.69 Å². The molecule has 0 saturated heterocycles. The molecule has 6 nitrogen and oxygen atoms in total. The Hall–Kier alpha value is -1.99. The maximum atomic E-state index is 11.8. The van der Waals surface area contributed by atoms with Crippen molar-refractivity contribution in [2.45, 2.75) is 12.5 Å². The number of carbonyl (C=O) groups is 1. The highest BCUT2D eigenvalue weighted by Gasteiger charge is 2.28. The molecule has 1 aliphatic rings. The Kier molecular flexibility index (Phi) is 3.62. The van der Waals surface area contributed by atoms with Crippen LogP contribution >= 0.6 is 23.1 Å². The molecule has 8 heteroatoms. The molecule has 0 spiro atoms.